The number of halogens is 1. The van der Waals surface area contributed by atoms with Crippen molar-refractivity contribution in [3.8, 4) is 0 Å². The normalized spacial score (nSPS) is 10.1. The van der Waals surface area contributed by atoms with E-state index in [0.29, 0.717) is 23.5 Å². The molecule has 0 aliphatic rings. The first-order valence-corrected chi connectivity index (χ1v) is 8.21. The van der Waals surface area contributed by atoms with Crippen LogP contribution in [0.2, 0.25) is 0 Å². The maximum atomic E-state index is 13.2. The van der Waals surface area contributed by atoms with E-state index in [9.17, 15) is 14.0 Å². The van der Waals surface area contributed by atoms with Gasteiger partial charge in [0.05, 0.1) is 0 Å². The largest absolute Gasteiger partial charge is 0.334 e. The Bertz CT molecular complexity index is 930. The molecule has 0 aliphatic heterocycles. The molecule has 0 saturated carbocycles. The number of hydrogen-bond donors (Lipinski definition) is 3. The number of anilines is 2. The van der Waals surface area contributed by atoms with E-state index in [0.717, 1.165) is 5.56 Å². The summed E-state index contributed by atoms with van der Waals surface area (Å²) in [5, 5.41) is 8.03. The Labute approximate surface area is 155 Å². The lowest BCUT2D eigenvalue weighted by atomic mass is 10.2. The molecule has 0 fully saturated rings. The number of carbonyl (C=O) groups excluding carboxylic acids is 2. The molecule has 3 rings (SSSR count). The Morgan fingerprint density at radius 1 is 0.889 bits per heavy atom. The Balaban J connectivity index is 1.53. The fraction of sp³-hybridized carbons (Fsp3) is 0.0500. The van der Waals surface area contributed by atoms with Crippen molar-refractivity contribution in [2.75, 3.05) is 10.6 Å². The molecule has 1 heterocycles. The summed E-state index contributed by atoms with van der Waals surface area (Å²) in [4.78, 5) is 28.0. The zero-order chi connectivity index (χ0) is 19.1. The van der Waals surface area contributed by atoms with Crippen LogP contribution in [0.15, 0.2) is 73.1 Å². The van der Waals surface area contributed by atoms with Crippen LogP contribution in [0, 0.1) is 5.82 Å². The van der Waals surface area contributed by atoms with Gasteiger partial charge in [0.1, 0.15) is 5.82 Å². The summed E-state index contributed by atoms with van der Waals surface area (Å²) >= 11 is 0. The van der Waals surface area contributed by atoms with Gasteiger partial charge in [-0.3, -0.25) is 9.78 Å². The second kappa shape index (κ2) is 8.57. The highest BCUT2D eigenvalue weighted by molar-refractivity contribution is 6.04. The Morgan fingerprint density at radius 2 is 1.63 bits per heavy atom. The van der Waals surface area contributed by atoms with Crippen LogP contribution in [0.25, 0.3) is 0 Å². The monoisotopic (exact) mass is 364 g/mol. The van der Waals surface area contributed by atoms with Gasteiger partial charge in [-0.15, -0.1) is 0 Å². The van der Waals surface area contributed by atoms with Crippen LogP contribution < -0.4 is 16.0 Å². The van der Waals surface area contributed by atoms with Crippen molar-refractivity contribution in [1.29, 1.82) is 0 Å². The third-order valence-corrected chi connectivity index (χ3v) is 3.69. The first kappa shape index (κ1) is 18.1. The number of carbonyl (C=O) groups is 2. The van der Waals surface area contributed by atoms with Crippen LogP contribution >= 0.6 is 0 Å². The minimum absolute atomic E-state index is 0.358. The average molecular weight is 364 g/mol. The Kier molecular flexibility index (Phi) is 5.73. The SMILES string of the molecule is O=C(NCc1ccncc1)Nc1ccc(C(=O)Nc2cccc(F)c2)cc1. The van der Waals surface area contributed by atoms with Crippen molar-refractivity contribution in [1.82, 2.24) is 10.3 Å². The number of amides is 3. The lowest BCUT2D eigenvalue weighted by Gasteiger charge is -2.09. The highest BCUT2D eigenvalue weighted by Gasteiger charge is 2.08. The number of nitrogens with zero attached hydrogens (tertiary/aromatic N) is 1. The fourth-order valence-corrected chi connectivity index (χ4v) is 2.33. The first-order valence-electron chi connectivity index (χ1n) is 8.21. The van der Waals surface area contributed by atoms with E-state index in [1.807, 2.05) is 12.1 Å². The van der Waals surface area contributed by atoms with Crippen LogP contribution in [0.5, 0.6) is 0 Å². The van der Waals surface area contributed by atoms with Gasteiger partial charge in [-0.25, -0.2) is 9.18 Å². The summed E-state index contributed by atoms with van der Waals surface area (Å²) < 4.78 is 13.2. The molecule has 0 unspecified atom stereocenters. The topological polar surface area (TPSA) is 83.1 Å². The second-order valence-corrected chi connectivity index (χ2v) is 5.70. The van der Waals surface area contributed by atoms with E-state index >= 15 is 0 Å². The number of pyridine rings is 1. The van der Waals surface area contributed by atoms with E-state index in [1.54, 1.807) is 42.7 Å². The minimum atomic E-state index is -0.426. The van der Waals surface area contributed by atoms with Crippen molar-refractivity contribution in [3.05, 3.63) is 90.0 Å². The molecule has 0 aliphatic carbocycles. The highest BCUT2D eigenvalue weighted by Crippen LogP contribution is 2.13. The number of nitrogens with one attached hydrogen (secondary N) is 3. The van der Waals surface area contributed by atoms with Crippen molar-refractivity contribution >= 4 is 23.3 Å². The molecule has 3 N–H and O–H groups in total. The molecule has 0 spiro atoms. The van der Waals surface area contributed by atoms with Crippen LogP contribution in [0.4, 0.5) is 20.6 Å². The standard InChI is InChI=1S/C20H17FN4O2/c21-16-2-1-3-18(12-16)24-19(26)15-4-6-17(7-5-15)25-20(27)23-13-14-8-10-22-11-9-14/h1-12H,13H2,(H,24,26)(H2,23,25,27). The Morgan fingerprint density at radius 3 is 2.33 bits per heavy atom. The number of urea groups is 1. The van der Waals surface area contributed by atoms with Crippen LogP contribution in [0.1, 0.15) is 15.9 Å². The summed E-state index contributed by atoms with van der Waals surface area (Å²) in [6.07, 6.45) is 3.31. The molecule has 3 aromatic rings. The van der Waals surface area contributed by atoms with Gasteiger partial charge < -0.3 is 16.0 Å². The molecular formula is C20H17FN4O2. The van der Waals surface area contributed by atoms with Gasteiger partial charge in [-0.05, 0) is 60.2 Å². The van der Waals surface area contributed by atoms with E-state index < -0.39 is 5.82 Å². The van der Waals surface area contributed by atoms with Crippen molar-refractivity contribution < 1.29 is 14.0 Å². The van der Waals surface area contributed by atoms with Crippen LogP contribution in [-0.4, -0.2) is 16.9 Å². The van der Waals surface area contributed by atoms with E-state index in [4.69, 9.17) is 0 Å². The zero-order valence-corrected chi connectivity index (χ0v) is 14.3. The fourth-order valence-electron chi connectivity index (χ4n) is 2.33. The molecule has 27 heavy (non-hydrogen) atoms. The molecule has 1 aromatic heterocycles. The van der Waals surface area contributed by atoms with Gasteiger partial charge in [-0.2, -0.15) is 0 Å². The van der Waals surface area contributed by atoms with Gasteiger partial charge in [-0.1, -0.05) is 6.07 Å². The molecule has 2 aromatic carbocycles. The van der Waals surface area contributed by atoms with E-state index in [1.165, 1.54) is 18.2 Å². The number of hydrogen-bond acceptors (Lipinski definition) is 3. The quantitative estimate of drug-likeness (QED) is 0.644. The molecule has 6 nitrogen and oxygen atoms in total. The molecule has 7 heteroatoms. The van der Waals surface area contributed by atoms with Crippen LogP contribution in [0.3, 0.4) is 0 Å². The van der Waals surface area contributed by atoms with Gasteiger partial charge in [0.2, 0.25) is 0 Å². The summed E-state index contributed by atoms with van der Waals surface area (Å²) in [6, 6.07) is 15.3. The van der Waals surface area contributed by atoms with Gasteiger partial charge in [0.15, 0.2) is 0 Å². The predicted octanol–water partition coefficient (Wildman–Crippen LogP) is 3.79. The lowest BCUT2D eigenvalue weighted by molar-refractivity contribution is 0.102. The number of benzene rings is 2. The molecule has 0 atom stereocenters. The molecule has 0 saturated heterocycles. The van der Waals surface area contributed by atoms with Crippen LogP contribution in [-0.2, 0) is 6.54 Å². The summed E-state index contributed by atoms with van der Waals surface area (Å²) in [5.41, 5.74) is 2.24. The average Bonchev–Trinajstić information content (AvgIpc) is 2.68. The van der Waals surface area contributed by atoms with Crippen molar-refractivity contribution in [2.24, 2.45) is 0 Å². The third kappa shape index (κ3) is 5.37. The maximum Gasteiger partial charge on any atom is 0.319 e. The van der Waals surface area contributed by atoms with Gasteiger partial charge in [0, 0.05) is 35.9 Å². The molecule has 136 valence electrons. The maximum absolute atomic E-state index is 13.2. The minimum Gasteiger partial charge on any atom is -0.334 e. The number of aromatic nitrogens is 1. The van der Waals surface area contributed by atoms with E-state index in [-0.39, 0.29) is 11.9 Å². The molecular weight excluding hydrogens is 347 g/mol. The highest BCUT2D eigenvalue weighted by atomic mass is 19.1. The van der Waals surface area contributed by atoms with E-state index in [2.05, 4.69) is 20.9 Å². The van der Waals surface area contributed by atoms with Gasteiger partial charge in [0.25, 0.3) is 5.91 Å². The predicted molar refractivity (Wildman–Crippen MR) is 101 cm³/mol. The molecule has 0 radical (unpaired) electrons. The summed E-state index contributed by atoms with van der Waals surface area (Å²) in [7, 11) is 0. The van der Waals surface area contributed by atoms with Gasteiger partial charge >= 0.3 is 6.03 Å². The Hall–Kier alpha value is -3.74. The molecule has 3 amide bonds. The smallest absolute Gasteiger partial charge is 0.319 e. The number of rotatable bonds is 5. The van der Waals surface area contributed by atoms with Crippen molar-refractivity contribution in [3.63, 3.8) is 0 Å². The summed E-state index contributed by atoms with van der Waals surface area (Å²) in [5.74, 6) is -0.792. The zero-order valence-electron chi connectivity index (χ0n) is 14.3. The first-order chi connectivity index (χ1) is 13.1. The van der Waals surface area contributed by atoms with Crippen molar-refractivity contribution in [2.45, 2.75) is 6.54 Å². The summed E-state index contributed by atoms with van der Waals surface area (Å²) in [6.45, 7) is 0.377. The molecule has 0 bridgehead atoms. The lowest BCUT2D eigenvalue weighted by Crippen LogP contribution is -2.28. The third-order valence-electron chi connectivity index (χ3n) is 3.69. The second-order valence-electron chi connectivity index (χ2n) is 5.70.